The maximum Gasteiger partial charge on any atom is 0.239 e. The van der Waals surface area contributed by atoms with E-state index < -0.39 is 5.54 Å². The lowest BCUT2D eigenvalue weighted by molar-refractivity contribution is -0.125. The first-order chi connectivity index (χ1) is 11.4. The van der Waals surface area contributed by atoms with Crippen molar-refractivity contribution in [2.75, 3.05) is 13.1 Å². The minimum atomic E-state index is -0.857. The van der Waals surface area contributed by atoms with E-state index >= 15 is 0 Å². The first-order valence-corrected chi connectivity index (χ1v) is 9.24. The van der Waals surface area contributed by atoms with Crippen LogP contribution in [0.1, 0.15) is 35.9 Å². The highest BCUT2D eigenvalue weighted by Crippen LogP contribution is 2.30. The molecule has 1 aliphatic rings. The van der Waals surface area contributed by atoms with Gasteiger partial charge in [0.25, 0.3) is 0 Å². The third-order valence-electron chi connectivity index (χ3n) is 4.50. The number of rotatable bonds is 5. The fourth-order valence-corrected chi connectivity index (χ4v) is 3.98. The quantitative estimate of drug-likeness (QED) is 0.784. The van der Waals surface area contributed by atoms with Crippen LogP contribution in [0.3, 0.4) is 0 Å². The van der Waals surface area contributed by atoms with Crippen LogP contribution in [-0.2, 0) is 17.8 Å². The maximum atomic E-state index is 12.2. The molecule has 1 aliphatic heterocycles. The SMILES string of the molecule is CC(C)(N)C(=O)NCC(c1ccccc1)N1CCc2sccc2C1.Cl.Cl. The second-order valence-corrected chi connectivity index (χ2v) is 7.95. The van der Waals surface area contributed by atoms with Gasteiger partial charge in [-0.15, -0.1) is 36.2 Å². The fraction of sp³-hybridized carbons (Fsp3) is 0.421. The Morgan fingerprint density at radius 2 is 1.96 bits per heavy atom. The molecule has 0 fully saturated rings. The minimum absolute atomic E-state index is 0. The van der Waals surface area contributed by atoms with Crippen molar-refractivity contribution in [3.05, 3.63) is 57.8 Å². The molecule has 3 rings (SSSR count). The Kier molecular flexibility index (Phi) is 8.57. The number of benzene rings is 1. The van der Waals surface area contributed by atoms with Gasteiger partial charge in [0.15, 0.2) is 0 Å². The van der Waals surface area contributed by atoms with Crippen LogP contribution in [0.25, 0.3) is 0 Å². The second-order valence-electron chi connectivity index (χ2n) is 6.95. The molecule has 0 aliphatic carbocycles. The lowest BCUT2D eigenvalue weighted by Gasteiger charge is -2.35. The summed E-state index contributed by atoms with van der Waals surface area (Å²) >= 11 is 1.84. The number of nitrogens with one attached hydrogen (secondary N) is 1. The van der Waals surface area contributed by atoms with Crippen molar-refractivity contribution in [2.24, 2.45) is 5.73 Å². The van der Waals surface area contributed by atoms with Crippen LogP contribution in [0.5, 0.6) is 0 Å². The van der Waals surface area contributed by atoms with Gasteiger partial charge in [-0.05, 0) is 42.8 Å². The summed E-state index contributed by atoms with van der Waals surface area (Å²) in [6, 6.07) is 12.8. The molecule has 2 aromatic rings. The second kappa shape index (κ2) is 9.72. The Labute approximate surface area is 172 Å². The number of halogens is 2. The summed E-state index contributed by atoms with van der Waals surface area (Å²) in [5, 5.41) is 5.20. The fourth-order valence-electron chi connectivity index (χ4n) is 3.09. The number of thiophene rings is 1. The highest BCUT2D eigenvalue weighted by atomic mass is 35.5. The number of fused-ring (bicyclic) bond motifs is 1. The molecule has 1 aromatic carbocycles. The predicted octanol–water partition coefficient (Wildman–Crippen LogP) is 3.54. The number of hydrogen-bond acceptors (Lipinski definition) is 4. The van der Waals surface area contributed by atoms with Crippen LogP contribution in [0, 0.1) is 0 Å². The Balaban J connectivity index is 0.00000169. The van der Waals surface area contributed by atoms with Gasteiger partial charge in [0.1, 0.15) is 0 Å². The van der Waals surface area contributed by atoms with Gasteiger partial charge >= 0.3 is 0 Å². The van der Waals surface area contributed by atoms with E-state index in [1.54, 1.807) is 13.8 Å². The van der Waals surface area contributed by atoms with Crippen molar-refractivity contribution in [1.29, 1.82) is 0 Å². The van der Waals surface area contributed by atoms with Gasteiger partial charge in [0, 0.05) is 24.5 Å². The van der Waals surface area contributed by atoms with E-state index in [0.717, 1.165) is 19.5 Å². The lowest BCUT2D eigenvalue weighted by Crippen LogP contribution is -2.51. The molecule has 26 heavy (non-hydrogen) atoms. The molecule has 1 aromatic heterocycles. The molecule has 0 bridgehead atoms. The summed E-state index contributed by atoms with van der Waals surface area (Å²) < 4.78 is 0. The van der Waals surface area contributed by atoms with Crippen LogP contribution < -0.4 is 11.1 Å². The number of nitrogens with two attached hydrogens (primary N) is 1. The summed E-state index contributed by atoms with van der Waals surface area (Å²) in [4.78, 5) is 16.1. The van der Waals surface area contributed by atoms with Gasteiger partial charge in [-0.2, -0.15) is 0 Å². The Hall–Kier alpha value is -1.11. The molecule has 3 N–H and O–H groups in total. The van der Waals surface area contributed by atoms with Crippen molar-refractivity contribution < 1.29 is 4.79 Å². The molecule has 7 heteroatoms. The number of hydrogen-bond donors (Lipinski definition) is 2. The van der Waals surface area contributed by atoms with Crippen LogP contribution >= 0.6 is 36.2 Å². The zero-order chi connectivity index (χ0) is 17.2. The Bertz CT molecular complexity index is 700. The largest absolute Gasteiger partial charge is 0.353 e. The van der Waals surface area contributed by atoms with Crippen molar-refractivity contribution in [3.63, 3.8) is 0 Å². The molecule has 0 saturated heterocycles. The average molecular weight is 416 g/mol. The molecule has 0 saturated carbocycles. The highest BCUT2D eigenvalue weighted by Gasteiger charge is 2.28. The molecule has 1 amide bonds. The van der Waals surface area contributed by atoms with Crippen LogP contribution in [0.2, 0.25) is 0 Å². The van der Waals surface area contributed by atoms with E-state index in [4.69, 9.17) is 5.73 Å². The van der Waals surface area contributed by atoms with E-state index in [1.165, 1.54) is 16.0 Å². The first kappa shape index (κ1) is 22.9. The van der Waals surface area contributed by atoms with Crippen molar-refractivity contribution in [3.8, 4) is 0 Å². The molecular formula is C19H27Cl2N3OS. The molecule has 1 unspecified atom stereocenters. The molecule has 1 atom stereocenters. The van der Waals surface area contributed by atoms with Gasteiger partial charge in [-0.1, -0.05) is 30.3 Å². The summed E-state index contributed by atoms with van der Waals surface area (Å²) in [5.41, 5.74) is 7.69. The van der Waals surface area contributed by atoms with E-state index in [0.29, 0.717) is 6.54 Å². The van der Waals surface area contributed by atoms with Gasteiger partial charge < -0.3 is 11.1 Å². The molecule has 0 radical (unpaired) electrons. The number of carbonyl (C=O) groups is 1. The van der Waals surface area contributed by atoms with Crippen LogP contribution in [0.15, 0.2) is 41.8 Å². The topological polar surface area (TPSA) is 58.4 Å². The van der Waals surface area contributed by atoms with E-state index in [-0.39, 0.29) is 36.8 Å². The molecular weight excluding hydrogens is 389 g/mol. The summed E-state index contributed by atoms with van der Waals surface area (Å²) in [7, 11) is 0. The van der Waals surface area contributed by atoms with Gasteiger partial charge in [0.05, 0.1) is 11.6 Å². The van der Waals surface area contributed by atoms with Crippen LogP contribution in [-0.4, -0.2) is 29.4 Å². The molecule has 0 spiro atoms. The first-order valence-electron chi connectivity index (χ1n) is 8.36. The van der Waals surface area contributed by atoms with Gasteiger partial charge in [-0.25, -0.2) is 0 Å². The van der Waals surface area contributed by atoms with E-state index in [9.17, 15) is 4.79 Å². The summed E-state index contributed by atoms with van der Waals surface area (Å²) in [5.74, 6) is -0.114. The molecule has 2 heterocycles. The molecule has 4 nitrogen and oxygen atoms in total. The van der Waals surface area contributed by atoms with Crippen LogP contribution in [0.4, 0.5) is 0 Å². The van der Waals surface area contributed by atoms with Crippen molar-refractivity contribution >= 4 is 42.1 Å². The van der Waals surface area contributed by atoms with Crippen molar-refractivity contribution in [2.45, 2.75) is 38.4 Å². The van der Waals surface area contributed by atoms with E-state index in [2.05, 4.69) is 45.9 Å². The Morgan fingerprint density at radius 3 is 2.62 bits per heavy atom. The molecule has 144 valence electrons. The van der Waals surface area contributed by atoms with Gasteiger partial charge in [-0.3, -0.25) is 9.69 Å². The smallest absolute Gasteiger partial charge is 0.239 e. The lowest BCUT2D eigenvalue weighted by atomic mass is 10.0. The average Bonchev–Trinajstić information content (AvgIpc) is 3.02. The number of nitrogens with zero attached hydrogens (tertiary/aromatic N) is 1. The normalized spacial score (nSPS) is 15.2. The number of amides is 1. The highest BCUT2D eigenvalue weighted by molar-refractivity contribution is 7.10. The minimum Gasteiger partial charge on any atom is -0.353 e. The Morgan fingerprint density at radius 1 is 1.27 bits per heavy atom. The summed E-state index contributed by atoms with van der Waals surface area (Å²) in [6.45, 7) is 5.98. The maximum absolute atomic E-state index is 12.2. The third kappa shape index (κ3) is 5.44. The zero-order valence-corrected chi connectivity index (χ0v) is 17.6. The number of carbonyl (C=O) groups excluding carboxylic acids is 1. The van der Waals surface area contributed by atoms with E-state index in [1.807, 2.05) is 17.4 Å². The zero-order valence-electron chi connectivity index (χ0n) is 15.1. The van der Waals surface area contributed by atoms with Gasteiger partial charge in [0.2, 0.25) is 5.91 Å². The standard InChI is InChI=1S/C19H25N3OS.2ClH/c1-19(2,20)18(23)21-12-16(14-6-4-3-5-7-14)22-10-8-17-15(13-22)9-11-24-17;;/h3-7,9,11,16H,8,10,12-13,20H2,1-2H3,(H,21,23);2*1H. The summed E-state index contributed by atoms with van der Waals surface area (Å²) in [6.07, 6.45) is 1.08. The predicted molar refractivity (Wildman–Crippen MR) is 113 cm³/mol. The monoisotopic (exact) mass is 415 g/mol. The van der Waals surface area contributed by atoms with Crippen molar-refractivity contribution in [1.82, 2.24) is 10.2 Å². The third-order valence-corrected chi connectivity index (χ3v) is 5.53.